The van der Waals surface area contributed by atoms with Gasteiger partial charge < -0.3 is 0 Å². The zero-order valence-electron chi connectivity index (χ0n) is 13.6. The SMILES string of the molecule is C=CC[Si](c1ccccc1)(c1ccccc1)c1ccc(C)cc1. The molecule has 0 fully saturated rings. The molecular formula is C22H22Si. The second kappa shape index (κ2) is 6.80. The van der Waals surface area contributed by atoms with Gasteiger partial charge in [-0.1, -0.05) is 96.6 Å². The van der Waals surface area contributed by atoms with Crippen LogP contribution in [0.25, 0.3) is 0 Å². The van der Waals surface area contributed by atoms with Gasteiger partial charge in [-0.25, -0.2) is 0 Å². The van der Waals surface area contributed by atoms with Gasteiger partial charge in [0.1, 0.15) is 0 Å². The average Bonchev–Trinajstić information content (AvgIpc) is 2.62. The van der Waals surface area contributed by atoms with E-state index in [2.05, 4.69) is 105 Å². The van der Waals surface area contributed by atoms with Crippen molar-refractivity contribution in [2.24, 2.45) is 0 Å². The van der Waals surface area contributed by atoms with Crippen molar-refractivity contribution in [3.63, 3.8) is 0 Å². The molecule has 0 saturated carbocycles. The van der Waals surface area contributed by atoms with Crippen LogP contribution in [0.2, 0.25) is 6.04 Å². The van der Waals surface area contributed by atoms with Gasteiger partial charge in [-0.05, 0) is 28.5 Å². The number of hydrogen-bond acceptors (Lipinski definition) is 0. The van der Waals surface area contributed by atoms with Crippen molar-refractivity contribution >= 4 is 23.6 Å². The van der Waals surface area contributed by atoms with E-state index in [4.69, 9.17) is 0 Å². The Labute approximate surface area is 140 Å². The summed E-state index contributed by atoms with van der Waals surface area (Å²) >= 11 is 0. The molecular weight excluding hydrogens is 292 g/mol. The van der Waals surface area contributed by atoms with Gasteiger partial charge in [0.15, 0.2) is 8.07 Å². The predicted molar refractivity (Wildman–Crippen MR) is 104 cm³/mol. The van der Waals surface area contributed by atoms with Crippen molar-refractivity contribution in [1.82, 2.24) is 0 Å². The first-order valence-electron chi connectivity index (χ1n) is 8.06. The van der Waals surface area contributed by atoms with Crippen LogP contribution in [0.1, 0.15) is 5.56 Å². The zero-order chi connectivity index (χ0) is 16.1. The van der Waals surface area contributed by atoms with Gasteiger partial charge >= 0.3 is 0 Å². The summed E-state index contributed by atoms with van der Waals surface area (Å²) in [6.45, 7) is 6.22. The van der Waals surface area contributed by atoms with Crippen LogP contribution in [0, 0.1) is 6.92 Å². The van der Waals surface area contributed by atoms with Gasteiger partial charge in [-0.15, -0.1) is 6.58 Å². The highest BCUT2D eigenvalue weighted by atomic mass is 28.3. The molecule has 0 aliphatic heterocycles. The molecule has 3 rings (SSSR count). The quantitative estimate of drug-likeness (QED) is 0.383. The largest absolute Gasteiger partial charge is 0.151 e. The number of rotatable bonds is 5. The molecule has 23 heavy (non-hydrogen) atoms. The van der Waals surface area contributed by atoms with Gasteiger partial charge in [0, 0.05) is 0 Å². The Morgan fingerprint density at radius 1 is 0.696 bits per heavy atom. The normalized spacial score (nSPS) is 11.2. The second-order valence-electron chi connectivity index (χ2n) is 6.00. The fourth-order valence-electron chi connectivity index (χ4n) is 3.35. The maximum Gasteiger partial charge on any atom is 0.151 e. The number of aryl methyl sites for hydroxylation is 1. The monoisotopic (exact) mass is 314 g/mol. The summed E-state index contributed by atoms with van der Waals surface area (Å²) < 4.78 is 0. The summed E-state index contributed by atoms with van der Waals surface area (Å²) in [6.07, 6.45) is 2.09. The Kier molecular flexibility index (Phi) is 4.59. The highest BCUT2D eigenvalue weighted by molar-refractivity contribution is 7.11. The maximum atomic E-state index is 4.07. The molecule has 0 unspecified atom stereocenters. The Balaban J connectivity index is 2.30. The van der Waals surface area contributed by atoms with E-state index in [1.54, 1.807) is 0 Å². The van der Waals surface area contributed by atoms with Crippen LogP contribution in [0.3, 0.4) is 0 Å². The van der Waals surface area contributed by atoms with Gasteiger partial charge in [0.25, 0.3) is 0 Å². The maximum absolute atomic E-state index is 4.07. The second-order valence-corrected chi connectivity index (χ2v) is 9.95. The fourth-order valence-corrected chi connectivity index (χ4v) is 7.75. The van der Waals surface area contributed by atoms with E-state index < -0.39 is 8.07 Å². The minimum Gasteiger partial charge on any atom is -0.103 e. The third-order valence-corrected chi connectivity index (χ3v) is 9.39. The third-order valence-electron chi connectivity index (χ3n) is 4.53. The van der Waals surface area contributed by atoms with Crippen LogP contribution < -0.4 is 15.6 Å². The molecule has 0 nitrogen and oxygen atoms in total. The lowest BCUT2D eigenvalue weighted by Crippen LogP contribution is -2.66. The fraction of sp³-hybridized carbons (Fsp3) is 0.0909. The van der Waals surface area contributed by atoms with Crippen molar-refractivity contribution in [2.45, 2.75) is 13.0 Å². The summed E-state index contributed by atoms with van der Waals surface area (Å²) in [5, 5.41) is 4.32. The Hall–Kier alpha value is -2.38. The van der Waals surface area contributed by atoms with Gasteiger partial charge in [-0.2, -0.15) is 0 Å². The molecule has 0 atom stereocenters. The van der Waals surface area contributed by atoms with E-state index in [-0.39, 0.29) is 0 Å². The summed E-state index contributed by atoms with van der Waals surface area (Å²) in [5.41, 5.74) is 1.30. The molecule has 0 spiro atoms. The molecule has 114 valence electrons. The Bertz CT molecular complexity index is 719. The van der Waals surface area contributed by atoms with Crippen molar-refractivity contribution < 1.29 is 0 Å². The van der Waals surface area contributed by atoms with Gasteiger partial charge in [0.2, 0.25) is 0 Å². The van der Waals surface area contributed by atoms with Crippen LogP contribution in [0.4, 0.5) is 0 Å². The molecule has 0 aromatic heterocycles. The van der Waals surface area contributed by atoms with E-state index in [0.717, 1.165) is 6.04 Å². The van der Waals surface area contributed by atoms with Crippen molar-refractivity contribution in [3.8, 4) is 0 Å². The Morgan fingerprint density at radius 2 is 1.13 bits per heavy atom. The molecule has 0 aliphatic carbocycles. The van der Waals surface area contributed by atoms with Crippen molar-refractivity contribution in [1.29, 1.82) is 0 Å². The van der Waals surface area contributed by atoms with Crippen molar-refractivity contribution in [2.75, 3.05) is 0 Å². The van der Waals surface area contributed by atoms with E-state index in [1.807, 2.05) is 0 Å². The molecule has 0 saturated heterocycles. The first-order chi connectivity index (χ1) is 11.3. The lowest BCUT2D eigenvalue weighted by Gasteiger charge is -2.33. The standard InChI is InChI=1S/C22H22Si/c1-3-18-23(20-10-6-4-7-11-20,21-12-8-5-9-13-21)22-16-14-19(2)15-17-22/h3-17H,1,18H2,2H3. The van der Waals surface area contributed by atoms with Crippen LogP contribution in [-0.2, 0) is 0 Å². The van der Waals surface area contributed by atoms with Gasteiger partial charge in [0.05, 0.1) is 0 Å². The van der Waals surface area contributed by atoms with E-state index in [0.29, 0.717) is 0 Å². The van der Waals surface area contributed by atoms with Crippen LogP contribution in [-0.4, -0.2) is 8.07 Å². The summed E-state index contributed by atoms with van der Waals surface area (Å²) in [4.78, 5) is 0. The lowest BCUT2D eigenvalue weighted by atomic mass is 10.2. The minimum atomic E-state index is -2.06. The van der Waals surface area contributed by atoms with Crippen LogP contribution >= 0.6 is 0 Å². The highest BCUT2D eigenvalue weighted by Crippen LogP contribution is 2.14. The number of allylic oxidation sites excluding steroid dienone is 1. The van der Waals surface area contributed by atoms with Gasteiger partial charge in [-0.3, -0.25) is 0 Å². The molecule has 0 radical (unpaired) electrons. The summed E-state index contributed by atoms with van der Waals surface area (Å²) in [5.74, 6) is 0. The molecule has 3 aromatic carbocycles. The smallest absolute Gasteiger partial charge is 0.103 e. The topological polar surface area (TPSA) is 0 Å². The minimum absolute atomic E-state index is 1.00. The van der Waals surface area contributed by atoms with Crippen LogP contribution in [0.15, 0.2) is 97.6 Å². The molecule has 1 heteroatoms. The number of benzene rings is 3. The molecule has 0 amide bonds. The summed E-state index contributed by atoms with van der Waals surface area (Å²) in [6, 6.07) is 32.0. The highest BCUT2D eigenvalue weighted by Gasteiger charge is 2.37. The molecule has 0 heterocycles. The third kappa shape index (κ3) is 2.93. The summed E-state index contributed by atoms with van der Waals surface area (Å²) in [7, 11) is -2.06. The first kappa shape index (κ1) is 15.5. The zero-order valence-corrected chi connectivity index (χ0v) is 14.6. The van der Waals surface area contributed by atoms with E-state index in [9.17, 15) is 0 Å². The van der Waals surface area contributed by atoms with Crippen LogP contribution in [0.5, 0.6) is 0 Å². The lowest BCUT2D eigenvalue weighted by molar-refractivity contribution is 1.48. The molecule has 0 bridgehead atoms. The Morgan fingerprint density at radius 3 is 1.57 bits per heavy atom. The average molecular weight is 315 g/mol. The molecule has 0 aliphatic rings. The number of hydrogen-bond donors (Lipinski definition) is 0. The first-order valence-corrected chi connectivity index (χ1v) is 10.3. The molecule has 0 N–H and O–H groups in total. The van der Waals surface area contributed by atoms with Crippen molar-refractivity contribution in [3.05, 3.63) is 103 Å². The van der Waals surface area contributed by atoms with E-state index >= 15 is 0 Å². The molecule has 3 aromatic rings. The predicted octanol–water partition coefficient (Wildman–Crippen LogP) is 3.65. The van der Waals surface area contributed by atoms with E-state index in [1.165, 1.54) is 21.1 Å².